The predicted molar refractivity (Wildman–Crippen MR) is 165 cm³/mol. The lowest BCUT2D eigenvalue weighted by molar-refractivity contribution is -0.137. The minimum Gasteiger partial charge on any atom is -0.390 e. The first kappa shape index (κ1) is 33.5. The van der Waals surface area contributed by atoms with Crippen molar-refractivity contribution in [1.82, 2.24) is 10.6 Å². The normalized spacial score (nSPS) is 17.0. The Kier molecular flexibility index (Phi) is 11.1. The predicted octanol–water partition coefficient (Wildman–Crippen LogP) is 6.03. The van der Waals surface area contributed by atoms with Crippen LogP contribution in [0.5, 0.6) is 0 Å². The summed E-state index contributed by atoms with van der Waals surface area (Å²) in [5.41, 5.74) is 1.14. The van der Waals surface area contributed by atoms with Gasteiger partial charge in [0.15, 0.2) is 0 Å². The van der Waals surface area contributed by atoms with Gasteiger partial charge in [-0.3, -0.25) is 18.2 Å². The number of rotatable bonds is 12. The standard InChI is InChI=1S/C31H38F4N4O4S/c1-2-37-26-15-23(16-27(18-26)39-10-6-7-11-44(39,42)43)30(41)38-28(14-21-8-4-3-5-9-21)29(40)20-36-19-22-12-24(31(33,34)35)17-25(32)13-22/h3-5,8-9,12-13,15-18,28-29,36-37,40,42-43H,2,6-7,10-11,14,19-20H2,1H3,(H,38,41)/t28-,29+/m0/s1. The highest BCUT2D eigenvalue weighted by atomic mass is 32.3. The average Bonchev–Trinajstić information content (AvgIpc) is 2.96. The van der Waals surface area contributed by atoms with Crippen LogP contribution < -0.4 is 20.3 Å². The Bertz CT molecular complexity index is 1410. The molecule has 0 saturated carbocycles. The number of aliphatic hydroxyl groups excluding tert-OH is 1. The van der Waals surface area contributed by atoms with Crippen molar-refractivity contribution in [2.45, 2.75) is 51.1 Å². The molecule has 0 aliphatic carbocycles. The zero-order chi connectivity index (χ0) is 31.9. The Labute approximate surface area is 256 Å². The maximum absolute atomic E-state index is 13.8. The van der Waals surface area contributed by atoms with E-state index in [9.17, 15) is 36.6 Å². The number of carbonyl (C=O) groups is 1. The summed E-state index contributed by atoms with van der Waals surface area (Å²) in [6.45, 7) is 2.65. The molecule has 0 aromatic heterocycles. The maximum atomic E-state index is 13.8. The van der Waals surface area contributed by atoms with E-state index in [4.69, 9.17) is 0 Å². The molecule has 4 rings (SSSR count). The van der Waals surface area contributed by atoms with Crippen LogP contribution in [0.3, 0.4) is 0 Å². The first-order chi connectivity index (χ1) is 20.9. The third-order valence-corrected chi connectivity index (χ3v) is 9.21. The molecule has 44 heavy (non-hydrogen) atoms. The molecule has 0 radical (unpaired) electrons. The molecule has 2 atom stereocenters. The molecule has 3 aromatic rings. The molecule has 8 nitrogen and oxygen atoms in total. The number of amides is 1. The smallest absolute Gasteiger partial charge is 0.390 e. The van der Waals surface area contributed by atoms with Crippen molar-refractivity contribution in [1.29, 1.82) is 0 Å². The highest BCUT2D eigenvalue weighted by Gasteiger charge is 2.32. The number of benzene rings is 3. The second-order valence-corrected chi connectivity index (χ2v) is 12.9. The van der Waals surface area contributed by atoms with Crippen molar-refractivity contribution in [2.75, 3.05) is 35.0 Å². The van der Waals surface area contributed by atoms with E-state index in [2.05, 4.69) is 16.0 Å². The quantitative estimate of drug-likeness (QED) is 0.134. The largest absolute Gasteiger partial charge is 0.416 e. The lowest BCUT2D eigenvalue weighted by Gasteiger charge is -2.47. The summed E-state index contributed by atoms with van der Waals surface area (Å²) in [5.74, 6) is -1.28. The average molecular weight is 639 g/mol. The zero-order valence-corrected chi connectivity index (χ0v) is 25.1. The van der Waals surface area contributed by atoms with Crippen molar-refractivity contribution in [3.05, 3.63) is 94.8 Å². The summed E-state index contributed by atoms with van der Waals surface area (Å²) in [5, 5.41) is 20.1. The Balaban J connectivity index is 1.52. The number of anilines is 2. The highest BCUT2D eigenvalue weighted by Crippen LogP contribution is 2.50. The minimum atomic E-state index is -4.70. The molecule has 0 bridgehead atoms. The molecular formula is C31H38F4N4O4S. The van der Waals surface area contributed by atoms with Crippen molar-refractivity contribution in [3.8, 4) is 0 Å². The molecular weight excluding hydrogens is 600 g/mol. The van der Waals surface area contributed by atoms with Gasteiger partial charge in [0, 0.05) is 37.4 Å². The van der Waals surface area contributed by atoms with Crippen LogP contribution in [-0.4, -0.2) is 57.7 Å². The van der Waals surface area contributed by atoms with E-state index in [1.165, 1.54) is 4.31 Å². The first-order valence-electron chi connectivity index (χ1n) is 14.4. The Morgan fingerprint density at radius 1 is 1.02 bits per heavy atom. The number of alkyl halides is 3. The van der Waals surface area contributed by atoms with Gasteiger partial charge in [0.25, 0.3) is 5.91 Å². The van der Waals surface area contributed by atoms with Crippen molar-refractivity contribution >= 4 is 28.1 Å². The molecule has 1 fully saturated rings. The molecule has 6 N–H and O–H groups in total. The Hall–Kier alpha value is -3.36. The molecule has 0 unspecified atom stereocenters. The van der Waals surface area contributed by atoms with Gasteiger partial charge in [-0.2, -0.15) is 13.2 Å². The minimum absolute atomic E-state index is 0.0598. The molecule has 3 aromatic carbocycles. The lowest BCUT2D eigenvalue weighted by atomic mass is 10.00. The monoisotopic (exact) mass is 638 g/mol. The van der Waals surface area contributed by atoms with Gasteiger partial charge in [-0.1, -0.05) is 30.3 Å². The molecule has 1 heterocycles. The first-order valence-corrected chi connectivity index (χ1v) is 16.1. The van der Waals surface area contributed by atoms with Gasteiger partial charge in [-0.25, -0.2) is 4.39 Å². The van der Waals surface area contributed by atoms with E-state index in [-0.39, 0.29) is 36.4 Å². The third kappa shape index (κ3) is 9.08. The fourth-order valence-electron chi connectivity index (χ4n) is 5.12. The van der Waals surface area contributed by atoms with Gasteiger partial charge in [-0.15, -0.1) is 10.8 Å². The van der Waals surface area contributed by atoms with E-state index in [1.807, 2.05) is 37.3 Å². The third-order valence-electron chi connectivity index (χ3n) is 7.28. The molecule has 240 valence electrons. The SMILES string of the molecule is CCNc1cc(C(=O)N[C@@H](Cc2ccccc2)[C@H](O)CNCc2cc(F)cc(C(F)(F)F)c2)cc(N2CCCCS2(O)O)c1. The second-order valence-electron chi connectivity index (χ2n) is 10.8. The summed E-state index contributed by atoms with van der Waals surface area (Å²) in [4.78, 5) is 13.6. The number of aliphatic hydroxyl groups is 1. The highest BCUT2D eigenvalue weighted by molar-refractivity contribution is 8.25. The number of halogens is 4. The Morgan fingerprint density at radius 3 is 2.45 bits per heavy atom. The lowest BCUT2D eigenvalue weighted by Crippen LogP contribution is -2.48. The summed E-state index contributed by atoms with van der Waals surface area (Å²) in [7, 11) is -3.04. The van der Waals surface area contributed by atoms with Gasteiger partial charge >= 0.3 is 6.18 Å². The van der Waals surface area contributed by atoms with Crippen molar-refractivity contribution in [3.63, 3.8) is 0 Å². The molecule has 1 aliphatic heterocycles. The topological polar surface area (TPSA) is 117 Å². The number of carbonyl (C=O) groups excluding carboxylic acids is 1. The fourth-order valence-corrected chi connectivity index (χ4v) is 6.80. The van der Waals surface area contributed by atoms with Crippen LogP contribution in [0.2, 0.25) is 0 Å². The second kappa shape index (κ2) is 14.6. The summed E-state index contributed by atoms with van der Waals surface area (Å²) in [6, 6.07) is 15.6. The van der Waals surface area contributed by atoms with Crippen molar-refractivity contribution < 1.29 is 36.6 Å². The van der Waals surface area contributed by atoms with E-state index < -0.39 is 46.4 Å². The van der Waals surface area contributed by atoms with E-state index in [0.717, 1.165) is 24.1 Å². The van der Waals surface area contributed by atoms with Gasteiger partial charge in [0.05, 0.1) is 29.1 Å². The number of nitrogens with one attached hydrogen (secondary N) is 3. The van der Waals surface area contributed by atoms with Gasteiger partial charge in [-0.05, 0) is 73.7 Å². The summed E-state index contributed by atoms with van der Waals surface area (Å²) in [6.07, 6.45) is -4.15. The fraction of sp³-hybridized carbons (Fsp3) is 0.387. The van der Waals surface area contributed by atoms with E-state index in [0.29, 0.717) is 37.0 Å². The molecule has 13 heteroatoms. The van der Waals surface area contributed by atoms with E-state index in [1.54, 1.807) is 18.2 Å². The molecule has 1 aliphatic rings. The van der Waals surface area contributed by atoms with Gasteiger partial charge in [0.1, 0.15) is 5.82 Å². The Morgan fingerprint density at radius 2 is 1.77 bits per heavy atom. The zero-order valence-electron chi connectivity index (χ0n) is 24.3. The summed E-state index contributed by atoms with van der Waals surface area (Å²) < 4.78 is 76.1. The summed E-state index contributed by atoms with van der Waals surface area (Å²) >= 11 is 0. The molecule has 0 spiro atoms. The number of hydrogen-bond acceptors (Lipinski definition) is 7. The van der Waals surface area contributed by atoms with Crippen molar-refractivity contribution in [2.24, 2.45) is 0 Å². The van der Waals surface area contributed by atoms with Crippen LogP contribution in [0.25, 0.3) is 0 Å². The number of nitrogens with zero attached hydrogens (tertiary/aromatic N) is 1. The van der Waals surface area contributed by atoms with Crippen LogP contribution in [0, 0.1) is 5.82 Å². The van der Waals surface area contributed by atoms with E-state index >= 15 is 0 Å². The molecule has 1 amide bonds. The van der Waals surface area contributed by atoms with Crippen LogP contribution >= 0.6 is 10.8 Å². The van der Waals surface area contributed by atoms with Crippen LogP contribution in [0.1, 0.15) is 46.8 Å². The van der Waals surface area contributed by atoms with Crippen LogP contribution in [-0.2, 0) is 19.1 Å². The van der Waals surface area contributed by atoms with Crippen LogP contribution in [0.15, 0.2) is 66.7 Å². The van der Waals surface area contributed by atoms with Crippen LogP contribution in [0.4, 0.5) is 28.9 Å². The van der Waals surface area contributed by atoms with Gasteiger partial charge in [0.2, 0.25) is 0 Å². The molecule has 1 saturated heterocycles. The maximum Gasteiger partial charge on any atom is 0.416 e. The van der Waals surface area contributed by atoms with Gasteiger partial charge < -0.3 is 21.1 Å². The number of hydrogen-bond donors (Lipinski definition) is 6.